The third kappa shape index (κ3) is 5.45. The summed E-state index contributed by atoms with van der Waals surface area (Å²) in [6.07, 6.45) is -7.70. The average molecular weight is 379 g/mol. The normalized spacial score (nSPS) is 17.9. The summed E-state index contributed by atoms with van der Waals surface area (Å²) in [6.45, 7) is 2.28. The minimum absolute atomic E-state index is 0. The van der Waals surface area contributed by atoms with Crippen LogP contribution in [0, 0.1) is 0 Å². The van der Waals surface area contributed by atoms with Gasteiger partial charge in [-0.05, 0) is 17.7 Å². The van der Waals surface area contributed by atoms with E-state index < -0.39 is 35.7 Å². The Morgan fingerprint density at radius 1 is 1.17 bits per heavy atom. The first-order valence-electron chi connectivity index (χ1n) is 6.88. The summed E-state index contributed by atoms with van der Waals surface area (Å²) >= 11 is 5.59. The number of rotatable bonds is 4. The van der Waals surface area contributed by atoms with Gasteiger partial charge in [-0.2, -0.15) is 13.2 Å². The van der Waals surface area contributed by atoms with Crippen LogP contribution in [0.5, 0.6) is 0 Å². The van der Waals surface area contributed by atoms with Gasteiger partial charge in [-0.1, -0.05) is 17.7 Å². The molecule has 132 valence electrons. The molecule has 9 heteroatoms. The molecule has 0 saturated carbocycles. The zero-order valence-corrected chi connectivity index (χ0v) is 13.6. The molecule has 1 atom stereocenters. The van der Waals surface area contributed by atoms with E-state index in [1.54, 1.807) is 4.90 Å². The molecule has 0 radical (unpaired) electrons. The first-order chi connectivity index (χ1) is 10.3. The average Bonchev–Trinajstić information content (AvgIpc) is 2.45. The van der Waals surface area contributed by atoms with Gasteiger partial charge in [0.25, 0.3) is 0 Å². The van der Waals surface area contributed by atoms with E-state index in [9.17, 15) is 22.0 Å². The van der Waals surface area contributed by atoms with Crippen molar-refractivity contribution in [1.29, 1.82) is 0 Å². The smallest absolute Gasteiger partial charge is 0.314 e. The minimum atomic E-state index is -4.61. The van der Waals surface area contributed by atoms with Gasteiger partial charge < -0.3 is 5.32 Å². The fourth-order valence-electron chi connectivity index (χ4n) is 2.63. The van der Waals surface area contributed by atoms with Crippen LogP contribution in [0.2, 0.25) is 5.02 Å². The Morgan fingerprint density at radius 2 is 1.78 bits per heavy atom. The van der Waals surface area contributed by atoms with Crippen LogP contribution in [0.25, 0.3) is 0 Å². The molecule has 1 aliphatic rings. The van der Waals surface area contributed by atoms with E-state index in [4.69, 9.17) is 11.6 Å². The summed E-state index contributed by atoms with van der Waals surface area (Å²) in [4.78, 5) is 1.78. The fraction of sp³-hybridized carbons (Fsp3) is 0.571. The molecule has 1 heterocycles. The Kier molecular flexibility index (Phi) is 7.51. The van der Waals surface area contributed by atoms with Crippen molar-refractivity contribution < 1.29 is 22.0 Å². The monoisotopic (exact) mass is 378 g/mol. The second-order valence-corrected chi connectivity index (χ2v) is 5.57. The first-order valence-corrected chi connectivity index (χ1v) is 7.26. The van der Waals surface area contributed by atoms with Gasteiger partial charge >= 0.3 is 6.18 Å². The Morgan fingerprint density at radius 3 is 2.30 bits per heavy atom. The maximum atomic E-state index is 12.9. The summed E-state index contributed by atoms with van der Waals surface area (Å²) in [5.74, 6) is 0. The first kappa shape index (κ1) is 20.4. The molecule has 0 aromatic heterocycles. The second kappa shape index (κ2) is 8.46. The van der Waals surface area contributed by atoms with Crippen LogP contribution in [-0.4, -0.2) is 37.5 Å². The third-order valence-corrected chi connectivity index (χ3v) is 4.00. The largest absolute Gasteiger partial charge is 0.417 e. The summed E-state index contributed by atoms with van der Waals surface area (Å²) in [7, 11) is 0. The van der Waals surface area contributed by atoms with Gasteiger partial charge in [0.1, 0.15) is 0 Å². The second-order valence-electron chi connectivity index (χ2n) is 5.17. The van der Waals surface area contributed by atoms with Gasteiger partial charge in [0.2, 0.25) is 6.43 Å². The number of benzene rings is 1. The Hall–Kier alpha value is -0.630. The number of nitrogens with zero attached hydrogens (tertiary/aromatic N) is 1. The molecule has 1 aromatic carbocycles. The van der Waals surface area contributed by atoms with E-state index in [0.717, 1.165) is 12.1 Å². The van der Waals surface area contributed by atoms with Crippen molar-refractivity contribution >= 4 is 24.0 Å². The topological polar surface area (TPSA) is 15.3 Å². The van der Waals surface area contributed by atoms with E-state index >= 15 is 0 Å². The Labute approximate surface area is 142 Å². The van der Waals surface area contributed by atoms with Crippen molar-refractivity contribution in [3.05, 3.63) is 34.3 Å². The van der Waals surface area contributed by atoms with Gasteiger partial charge in [-0.15, -0.1) is 12.4 Å². The molecule has 0 aliphatic carbocycles. The van der Waals surface area contributed by atoms with Crippen LogP contribution in [0.1, 0.15) is 23.6 Å². The molecule has 0 unspecified atom stereocenters. The van der Waals surface area contributed by atoms with E-state index in [0.29, 0.717) is 26.2 Å². The molecule has 1 saturated heterocycles. The standard InChI is InChI=1S/C14H16ClF5N2.ClH/c15-11-2-1-9(7-10(11)14(18,19)20)12(8-13(16)17)22-5-3-21-4-6-22;/h1-2,7,12-13,21H,3-6,8H2;1H/t12-;/m0./s1. The third-order valence-electron chi connectivity index (χ3n) is 3.67. The molecule has 0 bridgehead atoms. The summed E-state index contributed by atoms with van der Waals surface area (Å²) in [6, 6.07) is 2.66. The van der Waals surface area contributed by atoms with Crippen molar-refractivity contribution in [2.75, 3.05) is 26.2 Å². The predicted molar refractivity (Wildman–Crippen MR) is 81.5 cm³/mol. The van der Waals surface area contributed by atoms with Gasteiger partial charge in [0.05, 0.1) is 10.6 Å². The van der Waals surface area contributed by atoms with E-state index in [1.165, 1.54) is 6.07 Å². The van der Waals surface area contributed by atoms with E-state index in [-0.39, 0.29) is 18.0 Å². The molecule has 23 heavy (non-hydrogen) atoms. The molecule has 1 aromatic rings. The molecule has 1 fully saturated rings. The van der Waals surface area contributed by atoms with Gasteiger partial charge in [0.15, 0.2) is 0 Å². The number of nitrogens with one attached hydrogen (secondary N) is 1. The van der Waals surface area contributed by atoms with Crippen LogP contribution >= 0.6 is 24.0 Å². The highest BCUT2D eigenvalue weighted by Crippen LogP contribution is 2.38. The van der Waals surface area contributed by atoms with Crippen LogP contribution < -0.4 is 5.32 Å². The SMILES string of the molecule is Cl.FC(F)C[C@@H](c1ccc(Cl)c(C(F)(F)F)c1)N1CCNCC1. The molecule has 0 spiro atoms. The maximum absolute atomic E-state index is 12.9. The van der Waals surface area contributed by atoms with Crippen LogP contribution in [0.15, 0.2) is 18.2 Å². The number of hydrogen-bond donors (Lipinski definition) is 1. The highest BCUT2D eigenvalue weighted by Gasteiger charge is 2.35. The fourth-order valence-corrected chi connectivity index (χ4v) is 2.85. The molecule has 0 amide bonds. The number of piperazine rings is 1. The van der Waals surface area contributed by atoms with Crippen molar-refractivity contribution in [2.24, 2.45) is 0 Å². The van der Waals surface area contributed by atoms with Crippen molar-refractivity contribution in [2.45, 2.75) is 25.1 Å². The van der Waals surface area contributed by atoms with Crippen molar-refractivity contribution in [1.82, 2.24) is 10.2 Å². The molecule has 2 nitrogen and oxygen atoms in total. The van der Waals surface area contributed by atoms with Crippen molar-refractivity contribution in [3.8, 4) is 0 Å². The molecule has 2 rings (SSSR count). The lowest BCUT2D eigenvalue weighted by molar-refractivity contribution is -0.137. The number of hydrogen-bond acceptors (Lipinski definition) is 2. The lowest BCUT2D eigenvalue weighted by Crippen LogP contribution is -2.45. The zero-order valence-electron chi connectivity index (χ0n) is 12.0. The Bertz CT molecular complexity index is 504. The highest BCUT2D eigenvalue weighted by molar-refractivity contribution is 6.31. The molecular formula is C14H17Cl2F5N2. The van der Waals surface area contributed by atoms with Crippen LogP contribution in [0.4, 0.5) is 22.0 Å². The molecular weight excluding hydrogens is 362 g/mol. The van der Waals surface area contributed by atoms with Gasteiger partial charge in [-0.25, -0.2) is 8.78 Å². The minimum Gasteiger partial charge on any atom is -0.314 e. The lowest BCUT2D eigenvalue weighted by Gasteiger charge is -2.35. The van der Waals surface area contributed by atoms with E-state index in [1.807, 2.05) is 0 Å². The number of alkyl halides is 5. The van der Waals surface area contributed by atoms with Gasteiger partial charge in [0, 0.05) is 38.6 Å². The summed E-state index contributed by atoms with van der Waals surface area (Å²) in [5.41, 5.74) is -0.764. The summed E-state index contributed by atoms with van der Waals surface area (Å²) in [5, 5.41) is 2.67. The molecule has 1 N–H and O–H groups in total. The quantitative estimate of drug-likeness (QED) is 0.782. The number of halogens is 7. The maximum Gasteiger partial charge on any atom is 0.417 e. The van der Waals surface area contributed by atoms with E-state index in [2.05, 4.69) is 5.32 Å². The molecule has 1 aliphatic heterocycles. The zero-order chi connectivity index (χ0) is 16.3. The van der Waals surface area contributed by atoms with Crippen molar-refractivity contribution in [3.63, 3.8) is 0 Å². The Balaban J connectivity index is 0.00000264. The lowest BCUT2D eigenvalue weighted by atomic mass is 9.99. The van der Waals surface area contributed by atoms with Crippen LogP contribution in [-0.2, 0) is 6.18 Å². The predicted octanol–water partition coefficient (Wildman–Crippen LogP) is 4.38. The summed E-state index contributed by atoms with van der Waals surface area (Å²) < 4.78 is 64.5. The van der Waals surface area contributed by atoms with Crippen LogP contribution in [0.3, 0.4) is 0 Å². The highest BCUT2D eigenvalue weighted by atomic mass is 35.5. The van der Waals surface area contributed by atoms with Gasteiger partial charge in [-0.3, -0.25) is 4.90 Å².